The van der Waals surface area contributed by atoms with Gasteiger partial charge in [-0.3, -0.25) is 0 Å². The highest BCUT2D eigenvalue weighted by molar-refractivity contribution is 5.89. The molecule has 128 valence electrons. The molecule has 2 saturated heterocycles. The molecular weight excluding hydrogens is 308 g/mol. The van der Waals surface area contributed by atoms with Crippen molar-refractivity contribution in [3.8, 4) is 11.8 Å². The van der Waals surface area contributed by atoms with Crippen molar-refractivity contribution in [3.63, 3.8) is 0 Å². The number of rotatable bonds is 2. The molecule has 2 aliphatic rings. The molecule has 2 aliphatic heterocycles. The van der Waals surface area contributed by atoms with Crippen LogP contribution in [0.25, 0.3) is 0 Å². The lowest BCUT2D eigenvalue weighted by Crippen LogP contribution is -2.43. The number of hydrogen-bond donors (Lipinski definition) is 1. The number of carbonyl (C=O) groups excluding carboxylic acids is 1. The Balaban J connectivity index is 1.69. The maximum atomic E-state index is 12.2. The number of aliphatic hydroxyl groups is 1. The van der Waals surface area contributed by atoms with E-state index in [0.29, 0.717) is 5.56 Å². The fourth-order valence-electron chi connectivity index (χ4n) is 2.78. The molecule has 2 heterocycles. The van der Waals surface area contributed by atoms with Gasteiger partial charge in [-0.25, -0.2) is 4.79 Å². The molecule has 0 aliphatic carbocycles. The summed E-state index contributed by atoms with van der Waals surface area (Å²) in [7, 11) is 0. The van der Waals surface area contributed by atoms with E-state index in [9.17, 15) is 9.90 Å². The molecular formula is C19H22O5. The van der Waals surface area contributed by atoms with E-state index in [4.69, 9.17) is 14.2 Å². The molecule has 1 N–H and O–H groups in total. The summed E-state index contributed by atoms with van der Waals surface area (Å²) in [5.41, 5.74) is -1.13. The van der Waals surface area contributed by atoms with E-state index in [1.807, 2.05) is 26.8 Å². The molecule has 5 heteroatoms. The summed E-state index contributed by atoms with van der Waals surface area (Å²) >= 11 is 0. The van der Waals surface area contributed by atoms with Gasteiger partial charge in [0.15, 0.2) is 11.7 Å². The first-order chi connectivity index (χ1) is 11.3. The Bertz CT molecular complexity index is 666. The van der Waals surface area contributed by atoms with E-state index in [-0.39, 0.29) is 18.6 Å². The van der Waals surface area contributed by atoms with Crippen LogP contribution in [0.3, 0.4) is 0 Å². The van der Waals surface area contributed by atoms with Crippen LogP contribution in [0.4, 0.5) is 0 Å². The van der Waals surface area contributed by atoms with Crippen LogP contribution in [0.1, 0.15) is 31.1 Å². The van der Waals surface area contributed by atoms with E-state index in [1.54, 1.807) is 24.3 Å². The second-order valence-electron chi connectivity index (χ2n) is 7.26. The molecule has 0 amide bonds. The number of carbonyl (C=O) groups is 1. The van der Waals surface area contributed by atoms with Gasteiger partial charge in [-0.15, -0.1) is 0 Å². The van der Waals surface area contributed by atoms with Crippen molar-refractivity contribution in [1.82, 2.24) is 0 Å². The molecule has 24 heavy (non-hydrogen) atoms. The zero-order valence-corrected chi connectivity index (χ0v) is 14.1. The van der Waals surface area contributed by atoms with Crippen LogP contribution in [0.5, 0.6) is 0 Å². The third-order valence-electron chi connectivity index (χ3n) is 3.99. The van der Waals surface area contributed by atoms with Crippen LogP contribution in [-0.2, 0) is 14.2 Å². The molecule has 0 bridgehead atoms. The van der Waals surface area contributed by atoms with E-state index in [2.05, 4.69) is 11.8 Å². The Morgan fingerprint density at radius 2 is 2.00 bits per heavy atom. The predicted molar refractivity (Wildman–Crippen MR) is 87.3 cm³/mol. The maximum absolute atomic E-state index is 12.2. The molecule has 4 atom stereocenters. The quantitative estimate of drug-likeness (QED) is 0.661. The lowest BCUT2D eigenvalue weighted by molar-refractivity contribution is -0.0388. The van der Waals surface area contributed by atoms with Gasteiger partial charge in [0, 0.05) is 5.41 Å². The van der Waals surface area contributed by atoms with Crippen LogP contribution in [0.15, 0.2) is 30.3 Å². The first-order valence-corrected chi connectivity index (χ1v) is 8.04. The zero-order valence-electron chi connectivity index (χ0n) is 14.1. The minimum absolute atomic E-state index is 0.0464. The largest absolute Gasteiger partial charge is 0.453 e. The number of ether oxygens (including phenoxy) is 3. The summed E-state index contributed by atoms with van der Waals surface area (Å²) in [6, 6.07) is 8.76. The van der Waals surface area contributed by atoms with Gasteiger partial charge in [0.2, 0.25) is 0 Å². The van der Waals surface area contributed by atoms with E-state index in [1.165, 1.54) is 0 Å². The molecule has 1 aromatic rings. The lowest BCUT2D eigenvalue weighted by atomic mass is 9.92. The Morgan fingerprint density at radius 1 is 1.29 bits per heavy atom. The average Bonchev–Trinajstić information content (AvgIpc) is 3.08. The predicted octanol–water partition coefficient (Wildman–Crippen LogP) is 1.79. The standard InChI is InChI=1S/C19H22O5/c1-18(2,3)9-10-19(21)12-23-15-14(11-22-16(15)19)24-17(20)13-7-5-4-6-8-13/h4-8,14-16,21H,11-12H2,1-3H3/t14-,15+,16-,19+/m0/s1. The first kappa shape index (κ1) is 17.0. The number of hydrogen-bond acceptors (Lipinski definition) is 5. The van der Waals surface area contributed by atoms with E-state index >= 15 is 0 Å². The van der Waals surface area contributed by atoms with Gasteiger partial charge in [0.25, 0.3) is 0 Å². The average molecular weight is 330 g/mol. The highest BCUT2D eigenvalue weighted by Crippen LogP contribution is 2.35. The van der Waals surface area contributed by atoms with Crippen molar-refractivity contribution in [2.45, 2.75) is 44.7 Å². The maximum Gasteiger partial charge on any atom is 0.338 e. The van der Waals surface area contributed by atoms with Crippen LogP contribution < -0.4 is 0 Å². The van der Waals surface area contributed by atoms with Crippen molar-refractivity contribution >= 4 is 5.97 Å². The molecule has 5 nitrogen and oxygen atoms in total. The molecule has 0 spiro atoms. The minimum Gasteiger partial charge on any atom is -0.453 e. The summed E-state index contributed by atoms with van der Waals surface area (Å²) in [6.07, 6.45) is -1.66. The first-order valence-electron chi connectivity index (χ1n) is 8.04. The summed E-state index contributed by atoms with van der Waals surface area (Å²) in [6.45, 7) is 6.14. The molecule has 0 aromatic heterocycles. The second-order valence-corrected chi connectivity index (χ2v) is 7.26. The second kappa shape index (κ2) is 6.21. The van der Waals surface area contributed by atoms with E-state index in [0.717, 1.165) is 0 Å². The lowest BCUT2D eigenvalue weighted by Gasteiger charge is -2.21. The van der Waals surface area contributed by atoms with Crippen molar-refractivity contribution in [1.29, 1.82) is 0 Å². The van der Waals surface area contributed by atoms with Crippen molar-refractivity contribution in [3.05, 3.63) is 35.9 Å². The summed E-state index contributed by atoms with van der Waals surface area (Å²) in [5, 5.41) is 10.7. The van der Waals surface area contributed by atoms with E-state index < -0.39 is 29.9 Å². The summed E-state index contributed by atoms with van der Waals surface area (Å²) in [4.78, 5) is 12.2. The van der Waals surface area contributed by atoms with Gasteiger partial charge in [0.1, 0.15) is 12.2 Å². The Morgan fingerprint density at radius 3 is 2.67 bits per heavy atom. The summed E-state index contributed by atoms with van der Waals surface area (Å²) in [5.74, 6) is 5.49. The Hall–Kier alpha value is -1.87. The topological polar surface area (TPSA) is 65.0 Å². The van der Waals surface area contributed by atoms with Crippen LogP contribution in [0, 0.1) is 17.3 Å². The van der Waals surface area contributed by atoms with Crippen molar-refractivity contribution in [2.24, 2.45) is 5.41 Å². The molecule has 3 rings (SSSR count). The van der Waals surface area contributed by atoms with Gasteiger partial charge >= 0.3 is 5.97 Å². The number of esters is 1. The summed E-state index contributed by atoms with van der Waals surface area (Å²) < 4.78 is 16.8. The molecule has 2 fully saturated rings. The molecule has 0 unspecified atom stereocenters. The normalized spacial score (nSPS) is 31.9. The van der Waals surface area contributed by atoms with Gasteiger partial charge in [-0.05, 0) is 32.9 Å². The van der Waals surface area contributed by atoms with Gasteiger partial charge in [-0.1, -0.05) is 30.0 Å². The third kappa shape index (κ3) is 3.46. The molecule has 0 saturated carbocycles. The van der Waals surface area contributed by atoms with Crippen LogP contribution in [0.2, 0.25) is 0 Å². The van der Waals surface area contributed by atoms with Crippen molar-refractivity contribution in [2.75, 3.05) is 13.2 Å². The van der Waals surface area contributed by atoms with Crippen LogP contribution in [-0.4, -0.2) is 48.2 Å². The third-order valence-corrected chi connectivity index (χ3v) is 3.99. The Labute approximate surface area is 141 Å². The van der Waals surface area contributed by atoms with Crippen molar-refractivity contribution < 1.29 is 24.1 Å². The SMILES string of the molecule is CC(C)(C)C#C[C@@]1(O)CO[C@@H]2[C@@H](OC(=O)c3ccccc3)CO[C@@H]21. The molecule has 0 radical (unpaired) electrons. The monoisotopic (exact) mass is 330 g/mol. The van der Waals surface area contributed by atoms with Gasteiger partial charge in [0.05, 0.1) is 18.8 Å². The smallest absolute Gasteiger partial charge is 0.338 e. The van der Waals surface area contributed by atoms with Gasteiger partial charge in [-0.2, -0.15) is 0 Å². The Kier molecular flexibility index (Phi) is 4.39. The molecule has 1 aromatic carbocycles. The minimum atomic E-state index is -1.37. The fourth-order valence-corrected chi connectivity index (χ4v) is 2.78. The zero-order chi connectivity index (χ0) is 17.4. The fraction of sp³-hybridized carbons (Fsp3) is 0.526. The van der Waals surface area contributed by atoms with Crippen LogP contribution >= 0.6 is 0 Å². The number of fused-ring (bicyclic) bond motifs is 1. The van der Waals surface area contributed by atoms with Gasteiger partial charge < -0.3 is 19.3 Å². The highest BCUT2D eigenvalue weighted by Gasteiger charge is 2.57. The highest BCUT2D eigenvalue weighted by atomic mass is 16.6. The number of benzene rings is 1.